The SMILES string of the molecule is Cc1nnc(NCc2ccnc(-n3ccnc3)c2)c(C#N)c1C. The van der Waals surface area contributed by atoms with E-state index in [2.05, 4.69) is 31.6 Å². The van der Waals surface area contributed by atoms with Crippen LogP contribution < -0.4 is 5.32 Å². The summed E-state index contributed by atoms with van der Waals surface area (Å²) < 4.78 is 1.83. The molecule has 114 valence electrons. The zero-order valence-electron chi connectivity index (χ0n) is 12.9. The summed E-state index contributed by atoms with van der Waals surface area (Å²) >= 11 is 0. The lowest BCUT2D eigenvalue weighted by molar-refractivity contribution is 0.936. The third kappa shape index (κ3) is 3.01. The molecular weight excluding hydrogens is 290 g/mol. The molecule has 0 aromatic carbocycles. The van der Waals surface area contributed by atoms with Gasteiger partial charge < -0.3 is 5.32 Å². The maximum absolute atomic E-state index is 9.31. The van der Waals surface area contributed by atoms with Gasteiger partial charge in [0.05, 0.1) is 5.69 Å². The molecule has 0 saturated carbocycles. The first kappa shape index (κ1) is 14.7. The molecule has 3 aromatic heterocycles. The van der Waals surface area contributed by atoms with E-state index in [-0.39, 0.29) is 0 Å². The highest BCUT2D eigenvalue weighted by Crippen LogP contribution is 2.18. The van der Waals surface area contributed by atoms with Gasteiger partial charge in [-0.25, -0.2) is 9.97 Å². The zero-order valence-corrected chi connectivity index (χ0v) is 12.9. The molecule has 7 nitrogen and oxygen atoms in total. The Hall–Kier alpha value is -3.27. The number of aryl methyl sites for hydroxylation is 1. The predicted molar refractivity (Wildman–Crippen MR) is 84.9 cm³/mol. The lowest BCUT2D eigenvalue weighted by Crippen LogP contribution is -2.08. The van der Waals surface area contributed by atoms with Gasteiger partial charge in [0.1, 0.15) is 23.8 Å². The summed E-state index contributed by atoms with van der Waals surface area (Å²) in [4.78, 5) is 8.33. The molecule has 0 bridgehead atoms. The number of pyridine rings is 1. The van der Waals surface area contributed by atoms with Crippen molar-refractivity contribution in [1.29, 1.82) is 5.26 Å². The summed E-state index contributed by atoms with van der Waals surface area (Å²) in [5.74, 6) is 1.28. The van der Waals surface area contributed by atoms with Gasteiger partial charge in [0.25, 0.3) is 0 Å². The smallest absolute Gasteiger partial charge is 0.167 e. The minimum absolute atomic E-state index is 0.497. The number of aromatic nitrogens is 5. The molecule has 23 heavy (non-hydrogen) atoms. The summed E-state index contributed by atoms with van der Waals surface area (Å²) in [6.45, 7) is 4.24. The zero-order chi connectivity index (χ0) is 16.2. The van der Waals surface area contributed by atoms with Gasteiger partial charge in [-0.15, -0.1) is 5.10 Å². The molecule has 0 unspecified atom stereocenters. The first-order valence-corrected chi connectivity index (χ1v) is 7.10. The van der Waals surface area contributed by atoms with Crippen LogP contribution in [0.2, 0.25) is 0 Å². The Kier molecular flexibility index (Phi) is 3.97. The van der Waals surface area contributed by atoms with Gasteiger partial charge in [-0.1, -0.05) is 0 Å². The Morgan fingerprint density at radius 2 is 2.13 bits per heavy atom. The normalized spacial score (nSPS) is 10.3. The molecule has 3 aromatic rings. The van der Waals surface area contributed by atoms with E-state index >= 15 is 0 Å². The number of rotatable bonds is 4. The van der Waals surface area contributed by atoms with Crippen LogP contribution in [0.15, 0.2) is 37.1 Å². The average Bonchev–Trinajstić information content (AvgIpc) is 3.11. The van der Waals surface area contributed by atoms with Crippen LogP contribution in [0, 0.1) is 25.2 Å². The maximum Gasteiger partial charge on any atom is 0.167 e. The summed E-state index contributed by atoms with van der Waals surface area (Å²) in [7, 11) is 0. The number of anilines is 1. The van der Waals surface area contributed by atoms with Gasteiger partial charge in [-0.2, -0.15) is 10.4 Å². The first-order valence-electron chi connectivity index (χ1n) is 7.10. The van der Waals surface area contributed by atoms with Crippen molar-refractivity contribution in [3.05, 3.63) is 59.4 Å². The lowest BCUT2D eigenvalue weighted by atomic mass is 10.1. The van der Waals surface area contributed by atoms with E-state index in [9.17, 15) is 5.26 Å². The number of nitrogens with one attached hydrogen (secondary N) is 1. The molecule has 0 aliphatic heterocycles. The summed E-state index contributed by atoms with van der Waals surface area (Å²) in [6, 6.07) is 6.05. The molecule has 3 rings (SSSR count). The molecular formula is C16H15N7. The van der Waals surface area contributed by atoms with Gasteiger partial charge in [0.2, 0.25) is 0 Å². The van der Waals surface area contributed by atoms with Crippen molar-refractivity contribution >= 4 is 5.82 Å². The second kappa shape index (κ2) is 6.23. The third-order valence-corrected chi connectivity index (χ3v) is 3.61. The van der Waals surface area contributed by atoms with Gasteiger partial charge in [-0.3, -0.25) is 4.57 Å². The molecule has 0 fully saturated rings. The fraction of sp³-hybridized carbons (Fsp3) is 0.188. The van der Waals surface area contributed by atoms with Crippen molar-refractivity contribution in [3.63, 3.8) is 0 Å². The molecule has 0 saturated heterocycles. The molecule has 0 aliphatic rings. The van der Waals surface area contributed by atoms with Gasteiger partial charge >= 0.3 is 0 Å². The van der Waals surface area contributed by atoms with E-state index < -0.39 is 0 Å². The molecule has 0 spiro atoms. The van der Waals surface area contributed by atoms with Crippen LogP contribution in [0.4, 0.5) is 5.82 Å². The van der Waals surface area contributed by atoms with Crippen molar-refractivity contribution in [2.75, 3.05) is 5.32 Å². The Labute approximate surface area is 133 Å². The Morgan fingerprint density at radius 1 is 1.26 bits per heavy atom. The molecule has 7 heteroatoms. The number of nitrogens with zero attached hydrogens (tertiary/aromatic N) is 6. The van der Waals surface area contributed by atoms with Crippen LogP contribution in [0.1, 0.15) is 22.4 Å². The van der Waals surface area contributed by atoms with Crippen LogP contribution in [-0.4, -0.2) is 24.7 Å². The minimum atomic E-state index is 0.497. The van der Waals surface area contributed by atoms with Crippen molar-refractivity contribution in [2.24, 2.45) is 0 Å². The third-order valence-electron chi connectivity index (χ3n) is 3.61. The van der Waals surface area contributed by atoms with Gasteiger partial charge in [0.15, 0.2) is 5.82 Å². The predicted octanol–water partition coefficient (Wildman–Crippen LogP) is 2.16. The summed E-state index contributed by atoms with van der Waals surface area (Å²) in [5.41, 5.74) is 3.16. The highest BCUT2D eigenvalue weighted by atomic mass is 15.2. The second-order valence-electron chi connectivity index (χ2n) is 5.09. The summed E-state index contributed by atoms with van der Waals surface area (Å²) in [5, 5.41) is 20.6. The topological polar surface area (TPSA) is 92.3 Å². The average molecular weight is 305 g/mol. The molecule has 3 heterocycles. The largest absolute Gasteiger partial charge is 0.363 e. The van der Waals surface area contributed by atoms with Crippen molar-refractivity contribution < 1.29 is 0 Å². The molecule has 0 aliphatic carbocycles. The van der Waals surface area contributed by atoms with Crippen LogP contribution in [0.3, 0.4) is 0 Å². The fourth-order valence-electron chi connectivity index (χ4n) is 2.16. The van der Waals surface area contributed by atoms with Crippen LogP contribution in [0.5, 0.6) is 0 Å². The van der Waals surface area contributed by atoms with Crippen LogP contribution >= 0.6 is 0 Å². The first-order chi connectivity index (χ1) is 11.2. The van der Waals surface area contributed by atoms with E-state index in [1.54, 1.807) is 18.7 Å². The standard InChI is InChI=1S/C16H15N7/c1-11-12(2)21-22-16(14(11)8-17)20-9-13-3-4-19-15(7-13)23-6-5-18-10-23/h3-7,10H,9H2,1-2H3,(H,20,22). The molecule has 0 atom stereocenters. The van der Waals surface area contributed by atoms with Crippen molar-refractivity contribution in [3.8, 4) is 11.9 Å². The van der Waals surface area contributed by atoms with Crippen molar-refractivity contribution in [1.82, 2.24) is 24.7 Å². The highest BCUT2D eigenvalue weighted by Gasteiger charge is 2.10. The second-order valence-corrected chi connectivity index (χ2v) is 5.09. The minimum Gasteiger partial charge on any atom is -0.363 e. The Morgan fingerprint density at radius 3 is 2.87 bits per heavy atom. The Bertz CT molecular complexity index is 863. The number of hydrogen-bond donors (Lipinski definition) is 1. The summed E-state index contributed by atoms with van der Waals surface area (Å²) in [6.07, 6.45) is 6.98. The Balaban J connectivity index is 1.81. The van der Waals surface area contributed by atoms with Crippen molar-refractivity contribution in [2.45, 2.75) is 20.4 Å². The van der Waals surface area contributed by atoms with E-state index in [1.807, 2.05) is 36.7 Å². The lowest BCUT2D eigenvalue weighted by Gasteiger charge is -2.10. The number of imidazole rings is 1. The van der Waals surface area contributed by atoms with Gasteiger partial charge in [0, 0.05) is 25.1 Å². The fourth-order valence-corrected chi connectivity index (χ4v) is 2.16. The van der Waals surface area contributed by atoms with E-state index in [1.165, 1.54) is 0 Å². The van der Waals surface area contributed by atoms with E-state index in [0.29, 0.717) is 17.9 Å². The molecule has 1 N–H and O–H groups in total. The van der Waals surface area contributed by atoms with Crippen LogP contribution in [-0.2, 0) is 6.54 Å². The maximum atomic E-state index is 9.31. The monoisotopic (exact) mass is 305 g/mol. The molecule has 0 radical (unpaired) electrons. The molecule has 0 amide bonds. The van der Waals surface area contributed by atoms with Crippen LogP contribution in [0.25, 0.3) is 5.82 Å². The van der Waals surface area contributed by atoms with E-state index in [0.717, 1.165) is 22.6 Å². The quantitative estimate of drug-likeness (QED) is 0.794. The highest BCUT2D eigenvalue weighted by molar-refractivity contribution is 5.56. The number of hydrogen-bond acceptors (Lipinski definition) is 6. The van der Waals surface area contributed by atoms with Gasteiger partial charge in [-0.05, 0) is 37.1 Å². The number of nitriles is 1. The van der Waals surface area contributed by atoms with E-state index in [4.69, 9.17) is 0 Å².